The summed E-state index contributed by atoms with van der Waals surface area (Å²) < 4.78 is 2.39. The molecule has 0 spiro atoms. The normalized spacial score (nSPS) is 22.6. The molecule has 1 saturated heterocycles. The second-order valence-electron chi connectivity index (χ2n) is 6.18. The molecule has 1 fully saturated rings. The molecule has 2 aromatic rings. The maximum atomic E-state index is 5.02. The number of hydrogen-bond acceptors (Lipinski definition) is 4. The number of hydrogen-bond donors (Lipinski definition) is 0. The van der Waals surface area contributed by atoms with Crippen molar-refractivity contribution in [2.24, 2.45) is 7.05 Å². The number of rotatable bonds is 3. The number of nitrogens with zero attached hydrogens (tertiary/aromatic N) is 4. The molecule has 0 radical (unpaired) electrons. The molecule has 0 unspecified atom stereocenters. The number of aromatic nitrogens is 3. The average molecular weight is 302 g/mol. The lowest BCUT2D eigenvalue weighted by molar-refractivity contribution is 0.236. The summed E-state index contributed by atoms with van der Waals surface area (Å²) in [5.41, 5.74) is 2.84. The van der Waals surface area contributed by atoms with Crippen LogP contribution in [0.5, 0.6) is 0 Å². The number of thiazole rings is 1. The SMILES string of the molecule is Cn1c([C@H]2CCCN2Cc2nccs2)nc2c1CCCC2. The van der Waals surface area contributed by atoms with Crippen molar-refractivity contribution in [1.82, 2.24) is 19.4 Å². The Bertz CT molecular complexity index is 617. The minimum Gasteiger partial charge on any atom is -0.334 e. The first-order valence-electron chi connectivity index (χ1n) is 7.99. The maximum Gasteiger partial charge on any atom is 0.126 e. The van der Waals surface area contributed by atoms with E-state index in [9.17, 15) is 0 Å². The van der Waals surface area contributed by atoms with Gasteiger partial charge in [0.1, 0.15) is 10.8 Å². The standard InChI is InChI=1S/C16H22N4S/c1-19-13-6-3-2-5-12(13)18-16(19)14-7-4-9-20(14)11-15-17-8-10-21-15/h8,10,14H,2-7,9,11H2,1H3/t14-/m1/s1. The summed E-state index contributed by atoms with van der Waals surface area (Å²) in [6.45, 7) is 2.14. The van der Waals surface area contributed by atoms with E-state index in [1.54, 1.807) is 11.3 Å². The van der Waals surface area contributed by atoms with Crippen LogP contribution in [0, 0.1) is 0 Å². The fourth-order valence-electron chi connectivity index (χ4n) is 3.82. The van der Waals surface area contributed by atoms with Gasteiger partial charge in [0.25, 0.3) is 0 Å². The highest BCUT2D eigenvalue weighted by Gasteiger charge is 2.31. The van der Waals surface area contributed by atoms with E-state index in [0.29, 0.717) is 6.04 Å². The first-order valence-corrected chi connectivity index (χ1v) is 8.87. The van der Waals surface area contributed by atoms with Gasteiger partial charge in [-0.05, 0) is 45.1 Å². The van der Waals surface area contributed by atoms with Crippen molar-refractivity contribution in [3.05, 3.63) is 33.8 Å². The lowest BCUT2D eigenvalue weighted by Gasteiger charge is -2.23. The molecule has 0 bridgehead atoms. The van der Waals surface area contributed by atoms with E-state index >= 15 is 0 Å². The smallest absolute Gasteiger partial charge is 0.126 e. The van der Waals surface area contributed by atoms with Crippen molar-refractivity contribution < 1.29 is 0 Å². The van der Waals surface area contributed by atoms with Crippen LogP contribution in [0.3, 0.4) is 0 Å². The number of fused-ring (bicyclic) bond motifs is 1. The van der Waals surface area contributed by atoms with Gasteiger partial charge in [-0.2, -0.15) is 0 Å². The van der Waals surface area contributed by atoms with Gasteiger partial charge in [-0.1, -0.05) is 0 Å². The molecule has 0 N–H and O–H groups in total. The van der Waals surface area contributed by atoms with Crippen LogP contribution < -0.4 is 0 Å². The molecule has 2 aliphatic rings. The van der Waals surface area contributed by atoms with Crippen LogP contribution in [0.1, 0.15) is 53.9 Å². The van der Waals surface area contributed by atoms with E-state index < -0.39 is 0 Å². The van der Waals surface area contributed by atoms with Gasteiger partial charge >= 0.3 is 0 Å². The van der Waals surface area contributed by atoms with Crippen molar-refractivity contribution in [3.8, 4) is 0 Å². The molecule has 1 atom stereocenters. The molecule has 1 aliphatic heterocycles. The fourth-order valence-corrected chi connectivity index (χ4v) is 4.46. The molecule has 4 nitrogen and oxygen atoms in total. The van der Waals surface area contributed by atoms with Crippen LogP contribution in [-0.4, -0.2) is 26.0 Å². The van der Waals surface area contributed by atoms with Crippen molar-refractivity contribution in [1.29, 1.82) is 0 Å². The van der Waals surface area contributed by atoms with Gasteiger partial charge in [0.2, 0.25) is 0 Å². The third kappa shape index (κ3) is 2.42. The topological polar surface area (TPSA) is 34.0 Å². The van der Waals surface area contributed by atoms with Crippen LogP contribution in [0.15, 0.2) is 11.6 Å². The minimum absolute atomic E-state index is 0.476. The third-order valence-electron chi connectivity index (χ3n) is 4.89. The monoisotopic (exact) mass is 302 g/mol. The van der Waals surface area contributed by atoms with Gasteiger partial charge in [-0.15, -0.1) is 11.3 Å². The highest BCUT2D eigenvalue weighted by Crippen LogP contribution is 2.34. The molecule has 21 heavy (non-hydrogen) atoms. The Balaban J connectivity index is 1.61. The Hall–Kier alpha value is -1.20. The van der Waals surface area contributed by atoms with E-state index in [4.69, 9.17) is 4.98 Å². The Morgan fingerprint density at radius 1 is 1.29 bits per heavy atom. The summed E-state index contributed by atoms with van der Waals surface area (Å²) in [5.74, 6) is 1.29. The first-order chi connectivity index (χ1) is 10.3. The number of likely N-dealkylation sites (tertiary alicyclic amines) is 1. The zero-order valence-corrected chi connectivity index (χ0v) is 13.4. The second kappa shape index (κ2) is 5.54. The average Bonchev–Trinajstić information content (AvgIpc) is 3.21. The molecule has 0 aromatic carbocycles. The van der Waals surface area contributed by atoms with E-state index in [-0.39, 0.29) is 0 Å². The number of aryl methyl sites for hydroxylation is 1. The summed E-state index contributed by atoms with van der Waals surface area (Å²) >= 11 is 1.76. The molecular weight excluding hydrogens is 280 g/mol. The fraction of sp³-hybridized carbons (Fsp3) is 0.625. The molecule has 112 valence electrons. The van der Waals surface area contributed by atoms with E-state index in [0.717, 1.165) is 6.54 Å². The van der Waals surface area contributed by atoms with Gasteiger partial charge in [-0.3, -0.25) is 4.90 Å². The summed E-state index contributed by atoms with van der Waals surface area (Å²) in [7, 11) is 2.21. The van der Waals surface area contributed by atoms with E-state index in [2.05, 4.69) is 26.9 Å². The molecule has 0 saturated carbocycles. The predicted molar refractivity (Wildman–Crippen MR) is 84.3 cm³/mol. The predicted octanol–water partition coefficient (Wildman–Crippen LogP) is 3.09. The Labute approximate surface area is 129 Å². The highest BCUT2D eigenvalue weighted by molar-refractivity contribution is 7.09. The van der Waals surface area contributed by atoms with Crippen molar-refractivity contribution >= 4 is 11.3 Å². The lowest BCUT2D eigenvalue weighted by Crippen LogP contribution is -2.25. The Morgan fingerprint density at radius 3 is 3.00 bits per heavy atom. The molecule has 1 aliphatic carbocycles. The summed E-state index contributed by atoms with van der Waals surface area (Å²) in [6, 6.07) is 0.476. The van der Waals surface area contributed by atoms with Gasteiger partial charge in [-0.25, -0.2) is 9.97 Å². The zero-order chi connectivity index (χ0) is 14.2. The Morgan fingerprint density at radius 2 is 2.19 bits per heavy atom. The summed E-state index contributed by atoms with van der Waals surface area (Å²) in [4.78, 5) is 12.0. The van der Waals surface area contributed by atoms with Crippen LogP contribution in [0.25, 0.3) is 0 Å². The van der Waals surface area contributed by atoms with E-state index in [1.807, 2.05) is 6.20 Å². The van der Waals surface area contributed by atoms with Gasteiger partial charge in [0.15, 0.2) is 0 Å². The largest absolute Gasteiger partial charge is 0.334 e. The molecule has 2 aromatic heterocycles. The molecule has 4 rings (SSSR count). The van der Waals surface area contributed by atoms with Gasteiger partial charge in [0.05, 0.1) is 18.3 Å². The van der Waals surface area contributed by atoms with Crippen LogP contribution in [0.2, 0.25) is 0 Å². The van der Waals surface area contributed by atoms with Gasteiger partial charge < -0.3 is 4.57 Å². The van der Waals surface area contributed by atoms with Crippen molar-refractivity contribution in [3.63, 3.8) is 0 Å². The first kappa shape index (κ1) is 13.5. The molecular formula is C16H22N4S. The highest BCUT2D eigenvalue weighted by atomic mass is 32.1. The van der Waals surface area contributed by atoms with E-state index in [1.165, 1.54) is 67.3 Å². The van der Waals surface area contributed by atoms with Crippen molar-refractivity contribution in [2.45, 2.75) is 51.1 Å². The third-order valence-corrected chi connectivity index (χ3v) is 5.66. The molecule has 0 amide bonds. The summed E-state index contributed by atoms with van der Waals surface area (Å²) in [6.07, 6.45) is 9.41. The van der Waals surface area contributed by atoms with Crippen LogP contribution in [-0.2, 0) is 26.4 Å². The second-order valence-corrected chi connectivity index (χ2v) is 7.16. The Kier molecular flexibility index (Phi) is 3.55. The van der Waals surface area contributed by atoms with Gasteiger partial charge in [0, 0.05) is 24.3 Å². The van der Waals surface area contributed by atoms with Crippen molar-refractivity contribution in [2.75, 3.05) is 6.54 Å². The molecule has 3 heterocycles. The lowest BCUT2D eigenvalue weighted by atomic mass is 10.0. The maximum absolute atomic E-state index is 5.02. The summed E-state index contributed by atoms with van der Waals surface area (Å²) in [5, 5.41) is 3.29. The zero-order valence-electron chi connectivity index (χ0n) is 12.6. The minimum atomic E-state index is 0.476. The quantitative estimate of drug-likeness (QED) is 0.873. The molecule has 5 heteroatoms. The number of imidazole rings is 1. The van der Waals surface area contributed by atoms with Crippen LogP contribution >= 0.6 is 11.3 Å². The van der Waals surface area contributed by atoms with Crippen LogP contribution in [0.4, 0.5) is 0 Å².